The van der Waals surface area contributed by atoms with Crippen LogP contribution in [0.3, 0.4) is 0 Å². The van der Waals surface area contributed by atoms with Crippen LogP contribution in [0.25, 0.3) is 22.4 Å². The monoisotopic (exact) mass is 322 g/mol. The third-order valence-electron chi connectivity index (χ3n) is 3.39. The van der Waals surface area contributed by atoms with Gasteiger partial charge in [0.05, 0.1) is 27.2 Å². The Balaban J connectivity index is 2.30. The average Bonchev–Trinajstić information content (AvgIpc) is 2.89. The molecule has 2 N–H and O–H groups in total. The van der Waals surface area contributed by atoms with E-state index in [4.69, 9.17) is 5.73 Å². The van der Waals surface area contributed by atoms with Crippen molar-refractivity contribution in [1.82, 2.24) is 13.9 Å². The lowest BCUT2D eigenvalue weighted by Gasteiger charge is -2.02. The Labute approximate surface area is 126 Å². The molecule has 2 heterocycles. The van der Waals surface area contributed by atoms with Crippen molar-refractivity contribution in [2.75, 3.05) is 12.0 Å². The van der Waals surface area contributed by atoms with Crippen molar-refractivity contribution >= 4 is 37.4 Å². The zero-order chi connectivity index (χ0) is 15.4. The number of nitrogens with zero attached hydrogens (tertiary/aromatic N) is 3. The number of fused-ring (bicyclic) bond motifs is 1. The quantitative estimate of drug-likeness (QED) is 0.779. The molecular formula is C13H14N4O2S2. The second-order valence-electron chi connectivity index (χ2n) is 4.92. The molecule has 0 spiro atoms. The molecule has 0 aliphatic rings. The molecule has 0 aliphatic carbocycles. The highest BCUT2D eigenvalue weighted by Gasteiger charge is 2.18. The van der Waals surface area contributed by atoms with E-state index in [0.717, 1.165) is 16.8 Å². The molecule has 8 heteroatoms. The largest absolute Gasteiger partial charge is 0.389 e. The van der Waals surface area contributed by atoms with E-state index in [9.17, 15) is 8.42 Å². The fraction of sp³-hybridized carbons (Fsp3) is 0.231. The molecule has 0 saturated heterocycles. The van der Waals surface area contributed by atoms with Gasteiger partial charge in [-0.15, -0.1) is 0 Å². The molecule has 2 aromatic heterocycles. The first-order valence-electron chi connectivity index (χ1n) is 6.17. The molecule has 0 amide bonds. The van der Waals surface area contributed by atoms with Gasteiger partial charge < -0.3 is 10.3 Å². The van der Waals surface area contributed by atoms with Gasteiger partial charge in [0.25, 0.3) is 0 Å². The van der Waals surface area contributed by atoms with E-state index in [-0.39, 0.29) is 4.90 Å². The van der Waals surface area contributed by atoms with Crippen molar-refractivity contribution in [2.24, 2.45) is 7.05 Å². The minimum Gasteiger partial charge on any atom is -0.389 e. The number of aromatic nitrogens is 3. The first-order valence-corrected chi connectivity index (χ1v) is 8.84. The molecule has 0 atom stereocenters. The summed E-state index contributed by atoms with van der Waals surface area (Å²) in [7, 11) is -1.38. The van der Waals surface area contributed by atoms with Crippen molar-refractivity contribution in [3.8, 4) is 11.4 Å². The summed E-state index contributed by atoms with van der Waals surface area (Å²) in [6.45, 7) is 1.88. The Morgan fingerprint density at radius 3 is 2.62 bits per heavy atom. The Morgan fingerprint density at radius 2 is 2.05 bits per heavy atom. The van der Waals surface area contributed by atoms with Crippen LogP contribution in [0.15, 0.2) is 23.1 Å². The number of nitrogen functional groups attached to an aromatic ring is 1. The number of anilines is 1. The predicted octanol–water partition coefficient (Wildman–Crippen LogP) is 1.99. The first-order chi connectivity index (χ1) is 9.79. The van der Waals surface area contributed by atoms with Gasteiger partial charge in [0.15, 0.2) is 9.84 Å². The molecule has 110 valence electrons. The van der Waals surface area contributed by atoms with Gasteiger partial charge in [0, 0.05) is 13.3 Å². The number of rotatable bonds is 2. The lowest BCUT2D eigenvalue weighted by Crippen LogP contribution is -1.97. The summed E-state index contributed by atoms with van der Waals surface area (Å²) in [5, 5.41) is 0.606. The molecule has 3 aromatic rings. The average molecular weight is 322 g/mol. The summed E-state index contributed by atoms with van der Waals surface area (Å²) in [6, 6.07) is 4.93. The van der Waals surface area contributed by atoms with Crippen LogP contribution < -0.4 is 5.73 Å². The molecule has 1 aromatic carbocycles. The van der Waals surface area contributed by atoms with E-state index in [1.54, 1.807) is 18.2 Å². The van der Waals surface area contributed by atoms with Gasteiger partial charge in [0.2, 0.25) is 0 Å². The number of hydrogen-bond donors (Lipinski definition) is 1. The molecular weight excluding hydrogens is 308 g/mol. The molecule has 6 nitrogen and oxygen atoms in total. The van der Waals surface area contributed by atoms with Gasteiger partial charge in [0.1, 0.15) is 10.8 Å². The normalized spacial score (nSPS) is 12.1. The summed E-state index contributed by atoms with van der Waals surface area (Å²) in [4.78, 5) is 4.79. The zero-order valence-electron chi connectivity index (χ0n) is 11.8. The molecule has 0 saturated carbocycles. The molecule has 3 rings (SSSR count). The number of hydrogen-bond acceptors (Lipinski definition) is 6. The molecule has 0 radical (unpaired) electrons. The Bertz CT molecular complexity index is 935. The highest BCUT2D eigenvalue weighted by Crippen LogP contribution is 2.33. The van der Waals surface area contributed by atoms with Gasteiger partial charge in [-0.1, -0.05) is 0 Å². The molecule has 21 heavy (non-hydrogen) atoms. The van der Waals surface area contributed by atoms with Crippen LogP contribution in [0.2, 0.25) is 0 Å². The summed E-state index contributed by atoms with van der Waals surface area (Å²) < 4.78 is 29.4. The summed E-state index contributed by atoms with van der Waals surface area (Å²) in [6.07, 6.45) is 1.18. The standard InChI is InChI=1S/C13H14N4O2S2/c1-7-11(12(14)20-16-7)13-15-9-6-8(21(3,18)19)4-5-10(9)17(13)2/h4-6H,14H2,1-3H3. The first kappa shape index (κ1) is 14.0. The topological polar surface area (TPSA) is 90.9 Å². The maximum Gasteiger partial charge on any atom is 0.175 e. The van der Waals surface area contributed by atoms with E-state index in [0.29, 0.717) is 16.3 Å². The van der Waals surface area contributed by atoms with E-state index in [1.165, 1.54) is 17.8 Å². The van der Waals surface area contributed by atoms with Crippen molar-refractivity contribution < 1.29 is 8.42 Å². The predicted molar refractivity (Wildman–Crippen MR) is 84.1 cm³/mol. The number of aryl methyl sites for hydroxylation is 2. The highest BCUT2D eigenvalue weighted by molar-refractivity contribution is 7.90. The van der Waals surface area contributed by atoms with Crippen molar-refractivity contribution in [2.45, 2.75) is 11.8 Å². The van der Waals surface area contributed by atoms with Crippen LogP contribution >= 0.6 is 11.5 Å². The minimum absolute atomic E-state index is 0.257. The van der Waals surface area contributed by atoms with Crippen LogP contribution in [0.4, 0.5) is 5.00 Å². The van der Waals surface area contributed by atoms with E-state index in [1.807, 2.05) is 18.5 Å². The fourth-order valence-electron chi connectivity index (χ4n) is 2.29. The smallest absolute Gasteiger partial charge is 0.175 e. The third-order valence-corrected chi connectivity index (χ3v) is 5.27. The molecule has 0 unspecified atom stereocenters. The van der Waals surface area contributed by atoms with E-state index in [2.05, 4.69) is 9.36 Å². The SMILES string of the molecule is Cc1nsc(N)c1-c1nc2cc(S(C)(=O)=O)ccc2n1C. The second-order valence-corrected chi connectivity index (χ2v) is 7.75. The van der Waals surface area contributed by atoms with Gasteiger partial charge in [-0.3, -0.25) is 0 Å². The summed E-state index contributed by atoms with van der Waals surface area (Å²) in [5.74, 6) is 0.694. The van der Waals surface area contributed by atoms with Gasteiger partial charge in [-0.25, -0.2) is 13.4 Å². The Morgan fingerprint density at radius 1 is 1.33 bits per heavy atom. The van der Waals surface area contributed by atoms with Crippen LogP contribution in [0.1, 0.15) is 5.69 Å². The van der Waals surface area contributed by atoms with Crippen molar-refractivity contribution in [3.05, 3.63) is 23.9 Å². The number of imidazole rings is 1. The minimum atomic E-state index is -3.25. The van der Waals surface area contributed by atoms with E-state index < -0.39 is 9.84 Å². The van der Waals surface area contributed by atoms with Gasteiger partial charge in [-0.05, 0) is 36.7 Å². The lowest BCUT2D eigenvalue weighted by atomic mass is 10.2. The number of sulfone groups is 1. The third kappa shape index (κ3) is 2.20. The highest BCUT2D eigenvalue weighted by atomic mass is 32.2. The summed E-state index contributed by atoms with van der Waals surface area (Å²) >= 11 is 1.23. The fourth-order valence-corrected chi connectivity index (χ4v) is 3.59. The Hall–Kier alpha value is -1.93. The van der Waals surface area contributed by atoms with E-state index >= 15 is 0 Å². The maximum absolute atomic E-state index is 11.6. The van der Waals surface area contributed by atoms with Crippen LogP contribution in [-0.2, 0) is 16.9 Å². The maximum atomic E-state index is 11.6. The molecule has 0 bridgehead atoms. The zero-order valence-corrected chi connectivity index (χ0v) is 13.4. The molecule has 0 aliphatic heterocycles. The molecule has 0 fully saturated rings. The summed E-state index contributed by atoms with van der Waals surface area (Å²) in [5.41, 5.74) is 9.07. The van der Waals surface area contributed by atoms with Crippen LogP contribution in [0, 0.1) is 6.92 Å². The lowest BCUT2D eigenvalue weighted by molar-refractivity contribution is 0.602. The van der Waals surface area contributed by atoms with Crippen LogP contribution in [0.5, 0.6) is 0 Å². The second kappa shape index (κ2) is 4.54. The number of nitrogens with two attached hydrogens (primary N) is 1. The van der Waals surface area contributed by atoms with Crippen molar-refractivity contribution in [3.63, 3.8) is 0 Å². The van der Waals surface area contributed by atoms with Gasteiger partial charge in [-0.2, -0.15) is 4.37 Å². The Kier molecular flexibility index (Phi) is 3.03. The van der Waals surface area contributed by atoms with Crippen molar-refractivity contribution in [1.29, 1.82) is 0 Å². The number of benzene rings is 1. The van der Waals surface area contributed by atoms with Gasteiger partial charge >= 0.3 is 0 Å². The van der Waals surface area contributed by atoms with Crippen LogP contribution in [-0.4, -0.2) is 28.6 Å².